The molecular weight excluding hydrogens is 455 g/mol. The summed E-state index contributed by atoms with van der Waals surface area (Å²) >= 11 is 0. The zero-order valence-electron chi connectivity index (χ0n) is 19.4. The van der Waals surface area contributed by atoms with E-state index in [0.717, 1.165) is 34.4 Å². The van der Waals surface area contributed by atoms with E-state index in [9.17, 15) is 18.0 Å². The van der Waals surface area contributed by atoms with Crippen LogP contribution in [0.2, 0.25) is 0 Å². The van der Waals surface area contributed by atoms with Gasteiger partial charge in [-0.25, -0.2) is 4.98 Å². The van der Waals surface area contributed by atoms with E-state index in [4.69, 9.17) is 4.74 Å². The van der Waals surface area contributed by atoms with Crippen LogP contribution in [0.3, 0.4) is 0 Å². The number of nitrogens with one attached hydrogen (secondary N) is 1. The Morgan fingerprint density at radius 1 is 0.971 bits per heavy atom. The lowest BCUT2D eigenvalue weighted by atomic mass is 10.1. The fraction of sp³-hybridized carbons (Fsp3) is 0.185. The number of amides is 1. The largest absolute Gasteiger partial charge is 0.457 e. The smallest absolute Gasteiger partial charge is 0.416 e. The third kappa shape index (κ3) is 5.54. The number of halogens is 3. The van der Waals surface area contributed by atoms with Crippen LogP contribution in [0.15, 0.2) is 78.9 Å². The average Bonchev–Trinajstić information content (AvgIpc) is 2.83. The summed E-state index contributed by atoms with van der Waals surface area (Å²) in [6, 6.07) is 20.4. The average molecular weight is 480 g/mol. The minimum Gasteiger partial charge on any atom is -0.457 e. The topological polar surface area (TPSA) is 54.5 Å². The van der Waals surface area contributed by atoms with E-state index in [1.807, 2.05) is 50.2 Å². The molecule has 0 saturated heterocycles. The molecule has 0 aliphatic heterocycles. The van der Waals surface area contributed by atoms with Gasteiger partial charge in [0, 0.05) is 25.0 Å². The molecule has 1 heterocycles. The van der Waals surface area contributed by atoms with Crippen LogP contribution >= 0.6 is 0 Å². The van der Waals surface area contributed by atoms with Gasteiger partial charge in [-0.2, -0.15) is 13.2 Å². The molecule has 0 aliphatic carbocycles. The van der Waals surface area contributed by atoms with E-state index < -0.39 is 11.7 Å². The predicted octanol–water partition coefficient (Wildman–Crippen LogP) is 6.60. The number of carbonyl (C=O) groups is 1. The number of fused-ring (bicyclic) bond motifs is 1. The number of nitrogens with zero attached hydrogens (tertiary/aromatic N) is 2. The van der Waals surface area contributed by atoms with Gasteiger partial charge in [-0.05, 0) is 73.0 Å². The molecule has 1 atom stereocenters. The molecule has 4 rings (SSSR count). The van der Waals surface area contributed by atoms with Gasteiger partial charge in [0.25, 0.3) is 5.91 Å². The van der Waals surface area contributed by atoms with Crippen molar-refractivity contribution >= 4 is 22.5 Å². The van der Waals surface area contributed by atoms with Gasteiger partial charge in [0.15, 0.2) is 0 Å². The lowest BCUT2D eigenvalue weighted by Crippen LogP contribution is -2.27. The number of aromatic nitrogens is 1. The fourth-order valence-electron chi connectivity index (χ4n) is 3.61. The number of hydrogen-bond acceptors (Lipinski definition) is 4. The van der Waals surface area contributed by atoms with Gasteiger partial charge in [-0.15, -0.1) is 0 Å². The number of alkyl halides is 3. The minimum atomic E-state index is -4.41. The Balaban J connectivity index is 1.52. The van der Waals surface area contributed by atoms with Crippen molar-refractivity contribution in [2.45, 2.75) is 19.1 Å². The SMILES string of the molecule is CC(NC(=O)c1ccc2c(Oc3ccc(C(F)(F)F)cc3)cccc2c1)c1cccc(N(C)C)n1. The fourth-order valence-corrected chi connectivity index (χ4v) is 3.61. The van der Waals surface area contributed by atoms with E-state index in [2.05, 4.69) is 10.3 Å². The Labute approximate surface area is 201 Å². The van der Waals surface area contributed by atoms with Gasteiger partial charge in [0.2, 0.25) is 0 Å². The molecule has 4 aromatic rings. The Morgan fingerprint density at radius 3 is 2.37 bits per heavy atom. The number of pyridine rings is 1. The molecule has 1 aromatic heterocycles. The highest BCUT2D eigenvalue weighted by atomic mass is 19.4. The highest BCUT2D eigenvalue weighted by Gasteiger charge is 2.30. The first-order valence-electron chi connectivity index (χ1n) is 10.9. The van der Waals surface area contributed by atoms with E-state index in [0.29, 0.717) is 11.3 Å². The van der Waals surface area contributed by atoms with Crippen molar-refractivity contribution in [3.63, 3.8) is 0 Å². The molecule has 180 valence electrons. The van der Waals surface area contributed by atoms with Crippen molar-refractivity contribution in [3.05, 3.63) is 95.7 Å². The molecule has 1 N–H and O–H groups in total. The van der Waals surface area contributed by atoms with Gasteiger partial charge in [0.05, 0.1) is 17.3 Å². The van der Waals surface area contributed by atoms with E-state index in [1.54, 1.807) is 30.3 Å². The van der Waals surface area contributed by atoms with Crippen molar-refractivity contribution in [2.24, 2.45) is 0 Å². The zero-order valence-corrected chi connectivity index (χ0v) is 19.4. The third-order valence-corrected chi connectivity index (χ3v) is 5.52. The summed E-state index contributed by atoms with van der Waals surface area (Å²) in [4.78, 5) is 19.4. The number of ether oxygens (including phenoxy) is 1. The van der Waals surface area contributed by atoms with Crippen LogP contribution in [0.4, 0.5) is 19.0 Å². The second-order valence-corrected chi connectivity index (χ2v) is 8.33. The monoisotopic (exact) mass is 479 g/mol. The van der Waals surface area contributed by atoms with Gasteiger partial charge >= 0.3 is 6.18 Å². The zero-order chi connectivity index (χ0) is 25.2. The molecule has 0 fully saturated rings. The van der Waals surface area contributed by atoms with Crippen molar-refractivity contribution in [2.75, 3.05) is 19.0 Å². The van der Waals surface area contributed by atoms with Crippen LogP contribution in [-0.4, -0.2) is 25.0 Å². The maximum absolute atomic E-state index is 12.9. The van der Waals surface area contributed by atoms with Crippen LogP contribution < -0.4 is 15.0 Å². The highest BCUT2D eigenvalue weighted by Crippen LogP contribution is 2.34. The predicted molar refractivity (Wildman–Crippen MR) is 130 cm³/mol. The summed E-state index contributed by atoms with van der Waals surface area (Å²) < 4.78 is 44.2. The molecule has 3 aromatic carbocycles. The van der Waals surface area contributed by atoms with Gasteiger partial charge < -0.3 is 15.0 Å². The molecule has 0 spiro atoms. The number of carbonyl (C=O) groups excluding carboxylic acids is 1. The standard InChI is InChI=1S/C27H24F3N3O2/c1-17(23-7-5-9-25(32-23)33(2)3)31-26(34)19-10-15-22-18(16-19)6-4-8-24(22)35-21-13-11-20(12-14-21)27(28,29)30/h4-17H,1-3H3,(H,31,34). The van der Waals surface area contributed by atoms with E-state index in [1.165, 1.54) is 12.1 Å². The van der Waals surface area contributed by atoms with E-state index in [-0.39, 0.29) is 17.7 Å². The first-order valence-corrected chi connectivity index (χ1v) is 10.9. The van der Waals surface area contributed by atoms with Gasteiger partial charge in [0.1, 0.15) is 17.3 Å². The summed E-state index contributed by atoms with van der Waals surface area (Å²) in [5.41, 5.74) is 0.480. The molecule has 5 nitrogen and oxygen atoms in total. The molecule has 1 unspecified atom stereocenters. The highest BCUT2D eigenvalue weighted by molar-refractivity contribution is 6.00. The van der Waals surface area contributed by atoms with Crippen LogP contribution in [0.1, 0.15) is 34.6 Å². The molecule has 0 saturated carbocycles. The summed E-state index contributed by atoms with van der Waals surface area (Å²) in [5.74, 6) is 1.32. The normalized spacial score (nSPS) is 12.3. The second kappa shape index (κ2) is 9.66. The lowest BCUT2D eigenvalue weighted by Gasteiger charge is -2.17. The minimum absolute atomic E-state index is 0.245. The Bertz CT molecular complexity index is 1350. The van der Waals surface area contributed by atoms with E-state index >= 15 is 0 Å². The summed E-state index contributed by atoms with van der Waals surface area (Å²) in [6.07, 6.45) is -4.41. The summed E-state index contributed by atoms with van der Waals surface area (Å²) in [6.45, 7) is 1.87. The van der Waals surface area contributed by atoms with Crippen molar-refractivity contribution in [1.82, 2.24) is 10.3 Å². The maximum Gasteiger partial charge on any atom is 0.416 e. The summed E-state index contributed by atoms with van der Waals surface area (Å²) in [7, 11) is 3.81. The van der Waals surface area contributed by atoms with Gasteiger partial charge in [-0.3, -0.25) is 4.79 Å². The number of anilines is 1. The molecular formula is C27H24F3N3O2. The first kappa shape index (κ1) is 24.1. The summed E-state index contributed by atoms with van der Waals surface area (Å²) in [5, 5.41) is 4.47. The molecule has 0 aliphatic rings. The van der Waals surface area contributed by atoms with Crippen molar-refractivity contribution in [1.29, 1.82) is 0 Å². The van der Waals surface area contributed by atoms with Crippen LogP contribution in [-0.2, 0) is 6.18 Å². The molecule has 0 radical (unpaired) electrons. The van der Waals surface area contributed by atoms with Crippen molar-refractivity contribution in [3.8, 4) is 11.5 Å². The Hall–Kier alpha value is -4.07. The first-order chi connectivity index (χ1) is 16.6. The lowest BCUT2D eigenvalue weighted by molar-refractivity contribution is -0.137. The Morgan fingerprint density at radius 2 is 1.69 bits per heavy atom. The quantitative estimate of drug-likeness (QED) is 0.338. The third-order valence-electron chi connectivity index (χ3n) is 5.52. The maximum atomic E-state index is 12.9. The molecule has 0 bridgehead atoms. The van der Waals surface area contributed by atoms with Crippen LogP contribution in [0.5, 0.6) is 11.5 Å². The molecule has 35 heavy (non-hydrogen) atoms. The molecule has 8 heteroatoms. The second-order valence-electron chi connectivity index (χ2n) is 8.33. The van der Waals surface area contributed by atoms with Crippen LogP contribution in [0, 0.1) is 0 Å². The Kier molecular flexibility index (Phi) is 6.64. The number of benzene rings is 3. The van der Waals surface area contributed by atoms with Crippen molar-refractivity contribution < 1.29 is 22.7 Å². The van der Waals surface area contributed by atoms with Gasteiger partial charge in [-0.1, -0.05) is 18.2 Å². The van der Waals surface area contributed by atoms with Crippen LogP contribution in [0.25, 0.3) is 10.8 Å². The number of rotatable bonds is 6. The molecule has 1 amide bonds. The number of hydrogen-bond donors (Lipinski definition) is 1.